The average Bonchev–Trinajstić information content (AvgIpc) is 2.19. The number of amidine groups is 1. The van der Waals surface area contributed by atoms with Gasteiger partial charge in [-0.3, -0.25) is 4.98 Å². The van der Waals surface area contributed by atoms with Crippen molar-refractivity contribution in [2.45, 2.75) is 0 Å². The van der Waals surface area contributed by atoms with Crippen LogP contribution < -0.4 is 11.6 Å². The Morgan fingerprint density at radius 3 is 2.62 bits per heavy atom. The van der Waals surface area contributed by atoms with E-state index in [0.717, 1.165) is 0 Å². The van der Waals surface area contributed by atoms with Crippen molar-refractivity contribution >= 4 is 12.0 Å². The predicted octanol–water partition coefficient (Wildman–Crippen LogP) is -0.573. The number of nitrogens with two attached hydrogens (primary N) is 2. The summed E-state index contributed by atoms with van der Waals surface area (Å²) in [6.07, 6.45) is 2.93. The molecule has 6 heteroatoms. The minimum Gasteiger partial charge on any atom is -0.388 e. The molecule has 0 saturated carbocycles. The van der Waals surface area contributed by atoms with Gasteiger partial charge in [-0.05, 0) is 12.1 Å². The summed E-state index contributed by atoms with van der Waals surface area (Å²) in [5.74, 6) is 4.16. The van der Waals surface area contributed by atoms with E-state index in [9.17, 15) is 4.79 Å². The van der Waals surface area contributed by atoms with Gasteiger partial charge in [-0.1, -0.05) is 0 Å². The number of esters is 1. The summed E-state index contributed by atoms with van der Waals surface area (Å²) in [5, 5.41) is 2.99. The van der Waals surface area contributed by atoms with Crippen molar-refractivity contribution < 1.29 is 9.53 Å². The molecule has 68 valence electrons. The van der Waals surface area contributed by atoms with Crippen molar-refractivity contribution in [2.75, 3.05) is 0 Å². The maximum atomic E-state index is 11.1. The minimum atomic E-state index is -0.617. The number of aromatic nitrogens is 1. The van der Waals surface area contributed by atoms with Crippen molar-refractivity contribution in [2.24, 2.45) is 16.7 Å². The molecule has 1 rings (SSSR count). The molecule has 0 aliphatic carbocycles. The Bertz CT molecular complexity index is 323. The fourth-order valence-corrected chi connectivity index (χ4v) is 0.668. The summed E-state index contributed by atoms with van der Waals surface area (Å²) in [4.78, 5) is 14.9. The Hall–Kier alpha value is -2.11. The van der Waals surface area contributed by atoms with Crippen LogP contribution in [0, 0.1) is 0 Å². The highest BCUT2D eigenvalue weighted by molar-refractivity contribution is 5.96. The Balaban J connectivity index is 2.70. The fourth-order valence-electron chi connectivity index (χ4n) is 0.668. The molecule has 0 aliphatic heterocycles. The number of nitrogens with zero attached hydrogens (tertiary/aromatic N) is 2. The van der Waals surface area contributed by atoms with Crippen LogP contribution >= 0.6 is 0 Å². The molecule has 1 aromatic rings. The Morgan fingerprint density at radius 1 is 1.46 bits per heavy atom. The zero-order valence-electron chi connectivity index (χ0n) is 6.68. The highest BCUT2D eigenvalue weighted by Crippen LogP contribution is 1.98. The lowest BCUT2D eigenvalue weighted by atomic mass is 10.3. The van der Waals surface area contributed by atoms with Crippen LogP contribution in [0.2, 0.25) is 0 Å². The van der Waals surface area contributed by atoms with Gasteiger partial charge in [0.15, 0.2) is 0 Å². The van der Waals surface area contributed by atoms with Crippen LogP contribution in [0.1, 0.15) is 10.4 Å². The SMILES string of the molecule is NN=C(N)OC(=O)c1ccncc1. The quantitative estimate of drug-likeness (QED) is 0.198. The number of ether oxygens (including phenoxy) is 1. The molecular formula is C7H8N4O2. The number of carbonyl (C=O) groups excluding carboxylic acids is 1. The number of carbonyl (C=O) groups is 1. The second kappa shape index (κ2) is 4.05. The van der Waals surface area contributed by atoms with Crippen LogP contribution in [0.5, 0.6) is 0 Å². The molecule has 4 N–H and O–H groups in total. The number of hydrazone groups is 1. The van der Waals surface area contributed by atoms with Crippen LogP contribution in [0.15, 0.2) is 29.6 Å². The highest BCUT2D eigenvalue weighted by Gasteiger charge is 2.07. The van der Waals surface area contributed by atoms with E-state index in [1.54, 1.807) is 0 Å². The van der Waals surface area contributed by atoms with E-state index in [0.29, 0.717) is 5.56 Å². The monoisotopic (exact) mass is 180 g/mol. The largest absolute Gasteiger partial charge is 0.388 e. The first-order valence-corrected chi connectivity index (χ1v) is 3.39. The maximum Gasteiger partial charge on any atom is 0.346 e. The normalized spacial score (nSPS) is 10.9. The lowest BCUT2D eigenvalue weighted by Gasteiger charge is -2.00. The third-order valence-corrected chi connectivity index (χ3v) is 1.24. The van der Waals surface area contributed by atoms with Gasteiger partial charge < -0.3 is 16.3 Å². The smallest absolute Gasteiger partial charge is 0.346 e. The van der Waals surface area contributed by atoms with E-state index < -0.39 is 5.97 Å². The summed E-state index contributed by atoms with van der Waals surface area (Å²) in [6, 6.07) is 2.61. The van der Waals surface area contributed by atoms with E-state index in [1.807, 2.05) is 0 Å². The van der Waals surface area contributed by atoms with E-state index in [2.05, 4.69) is 14.8 Å². The van der Waals surface area contributed by atoms with E-state index in [-0.39, 0.29) is 6.02 Å². The summed E-state index contributed by atoms with van der Waals surface area (Å²) in [7, 11) is 0. The summed E-state index contributed by atoms with van der Waals surface area (Å²) in [6.45, 7) is 0. The minimum absolute atomic E-state index is 0.335. The summed E-state index contributed by atoms with van der Waals surface area (Å²) >= 11 is 0. The van der Waals surface area contributed by atoms with Gasteiger partial charge >= 0.3 is 12.0 Å². The Kier molecular flexibility index (Phi) is 2.80. The molecule has 6 nitrogen and oxygen atoms in total. The van der Waals surface area contributed by atoms with Crippen LogP contribution in [-0.2, 0) is 4.74 Å². The summed E-state index contributed by atoms with van der Waals surface area (Å²) < 4.78 is 4.52. The van der Waals surface area contributed by atoms with Crippen molar-refractivity contribution in [1.82, 2.24) is 4.98 Å². The lowest BCUT2D eigenvalue weighted by molar-refractivity contribution is 0.0713. The van der Waals surface area contributed by atoms with Gasteiger partial charge in [0.25, 0.3) is 0 Å². The molecule has 0 saturated heterocycles. The zero-order chi connectivity index (χ0) is 9.68. The molecule has 0 atom stereocenters. The predicted molar refractivity (Wildman–Crippen MR) is 45.5 cm³/mol. The molecule has 0 amide bonds. The number of rotatable bonds is 1. The van der Waals surface area contributed by atoms with Crippen molar-refractivity contribution in [3.8, 4) is 0 Å². The van der Waals surface area contributed by atoms with Gasteiger partial charge in [0.2, 0.25) is 0 Å². The van der Waals surface area contributed by atoms with E-state index >= 15 is 0 Å². The standard InChI is InChI=1S/C7H8N4O2/c8-7(11-9)13-6(12)5-1-3-10-4-2-5/h1-4H,9H2,(H2,8,11). The molecule has 0 fully saturated rings. The topological polar surface area (TPSA) is 104 Å². The molecule has 0 unspecified atom stereocenters. The van der Waals surface area contributed by atoms with Crippen molar-refractivity contribution in [3.63, 3.8) is 0 Å². The van der Waals surface area contributed by atoms with Gasteiger partial charge in [-0.2, -0.15) is 0 Å². The summed E-state index contributed by atoms with van der Waals surface area (Å²) in [5.41, 5.74) is 5.41. The second-order valence-corrected chi connectivity index (χ2v) is 2.09. The molecule has 0 aliphatic rings. The van der Waals surface area contributed by atoms with Crippen LogP contribution in [-0.4, -0.2) is 17.0 Å². The molecule has 0 aromatic carbocycles. The third-order valence-electron chi connectivity index (χ3n) is 1.24. The van der Waals surface area contributed by atoms with Crippen molar-refractivity contribution in [1.29, 1.82) is 0 Å². The van der Waals surface area contributed by atoms with Gasteiger partial charge in [-0.15, -0.1) is 5.10 Å². The van der Waals surface area contributed by atoms with Crippen LogP contribution in [0.25, 0.3) is 0 Å². The zero-order valence-corrected chi connectivity index (χ0v) is 6.68. The molecular weight excluding hydrogens is 172 g/mol. The van der Waals surface area contributed by atoms with Crippen LogP contribution in [0.3, 0.4) is 0 Å². The number of hydrogen-bond donors (Lipinski definition) is 2. The Labute approximate surface area is 74.2 Å². The first-order chi connectivity index (χ1) is 6.24. The first-order valence-electron chi connectivity index (χ1n) is 3.39. The molecule has 13 heavy (non-hydrogen) atoms. The van der Waals surface area contributed by atoms with Gasteiger partial charge in [-0.25, -0.2) is 4.79 Å². The highest BCUT2D eigenvalue weighted by atomic mass is 16.6. The molecule has 0 bridgehead atoms. The third kappa shape index (κ3) is 2.44. The second-order valence-electron chi connectivity index (χ2n) is 2.09. The number of pyridine rings is 1. The van der Waals surface area contributed by atoms with E-state index in [4.69, 9.17) is 11.6 Å². The van der Waals surface area contributed by atoms with Crippen molar-refractivity contribution in [3.05, 3.63) is 30.1 Å². The number of hydrogen-bond acceptors (Lipinski definition) is 5. The van der Waals surface area contributed by atoms with Gasteiger partial charge in [0.05, 0.1) is 5.56 Å². The fraction of sp³-hybridized carbons (Fsp3) is 0. The molecule has 0 radical (unpaired) electrons. The lowest BCUT2D eigenvalue weighted by Crippen LogP contribution is -2.22. The van der Waals surface area contributed by atoms with Gasteiger partial charge in [0.1, 0.15) is 0 Å². The van der Waals surface area contributed by atoms with Crippen LogP contribution in [0.4, 0.5) is 0 Å². The van der Waals surface area contributed by atoms with E-state index in [1.165, 1.54) is 24.5 Å². The molecule has 1 heterocycles. The van der Waals surface area contributed by atoms with Gasteiger partial charge in [0, 0.05) is 12.4 Å². The Morgan fingerprint density at radius 2 is 2.08 bits per heavy atom. The first kappa shape index (κ1) is 8.98. The molecule has 0 spiro atoms. The maximum absolute atomic E-state index is 11.1. The average molecular weight is 180 g/mol. The molecule has 1 aromatic heterocycles.